The van der Waals surface area contributed by atoms with E-state index in [9.17, 15) is 29.0 Å². The molecule has 0 bridgehead atoms. The lowest BCUT2D eigenvalue weighted by molar-refractivity contribution is -0.246. The maximum absolute atomic E-state index is 13.5. The van der Waals surface area contributed by atoms with Gasteiger partial charge >= 0.3 is 0 Å². The zero-order valence-electron chi connectivity index (χ0n) is 11.8. The highest BCUT2D eigenvalue weighted by Gasteiger charge is 2.35. The van der Waals surface area contributed by atoms with E-state index in [0.717, 1.165) is 12.1 Å². The summed E-state index contributed by atoms with van der Waals surface area (Å²) in [6.07, 6.45) is -3.83. The zero-order chi connectivity index (χ0) is 16.3. The molecule has 5 unspecified atom stereocenters. The van der Waals surface area contributed by atoms with Gasteiger partial charge < -0.3 is 24.9 Å². The zero-order valence-corrected chi connectivity index (χ0v) is 12.7. The highest BCUT2D eigenvalue weighted by Crippen LogP contribution is 2.38. The van der Waals surface area contributed by atoms with Crippen molar-refractivity contribution in [2.75, 3.05) is 6.16 Å². The van der Waals surface area contributed by atoms with E-state index in [4.69, 9.17) is 4.74 Å². The molecule has 1 aliphatic heterocycles. The van der Waals surface area contributed by atoms with Crippen LogP contribution in [0.4, 0.5) is 8.78 Å². The normalized spacial score (nSPS) is 30.3. The Kier molecular flexibility index (Phi) is 6.20. The minimum Gasteiger partial charge on any atom is -0.390 e. The third kappa shape index (κ3) is 4.41. The summed E-state index contributed by atoms with van der Waals surface area (Å²) < 4.78 is 32.1. The molecule has 0 amide bonds. The standard InChI is InChI=1S/C14H19F2O5P/c15-10-2-1-3-11(16)9(10)7-22(20)5-4-8-6-12(17)13(18)14(19)21-8/h1-3,8,12-14,17-20H,4-7H2. The van der Waals surface area contributed by atoms with Crippen molar-refractivity contribution in [2.45, 2.75) is 43.6 Å². The van der Waals surface area contributed by atoms with Crippen LogP contribution in [0.25, 0.3) is 0 Å². The molecule has 4 N–H and O–H groups in total. The second-order valence-corrected chi connectivity index (χ2v) is 7.10. The van der Waals surface area contributed by atoms with Crippen LogP contribution in [0.3, 0.4) is 0 Å². The van der Waals surface area contributed by atoms with Crippen LogP contribution >= 0.6 is 8.15 Å². The molecule has 124 valence electrons. The fourth-order valence-electron chi connectivity index (χ4n) is 2.36. The Morgan fingerprint density at radius 1 is 1.18 bits per heavy atom. The molecule has 1 saturated heterocycles. The summed E-state index contributed by atoms with van der Waals surface area (Å²) in [6.45, 7) is 0. The lowest BCUT2D eigenvalue weighted by Gasteiger charge is -2.34. The van der Waals surface area contributed by atoms with E-state index in [1.807, 2.05) is 0 Å². The number of halogens is 2. The van der Waals surface area contributed by atoms with Crippen LogP contribution < -0.4 is 0 Å². The molecule has 1 aromatic rings. The number of benzene rings is 1. The van der Waals surface area contributed by atoms with Crippen LogP contribution in [0.15, 0.2) is 18.2 Å². The van der Waals surface area contributed by atoms with E-state index in [-0.39, 0.29) is 24.3 Å². The molecule has 22 heavy (non-hydrogen) atoms. The maximum atomic E-state index is 13.5. The number of aliphatic hydroxyl groups is 3. The van der Waals surface area contributed by atoms with Gasteiger partial charge in [0.2, 0.25) is 0 Å². The molecule has 5 atom stereocenters. The van der Waals surface area contributed by atoms with Crippen LogP contribution in [0.1, 0.15) is 18.4 Å². The van der Waals surface area contributed by atoms with E-state index in [1.165, 1.54) is 6.07 Å². The summed E-state index contributed by atoms with van der Waals surface area (Å²) in [7, 11) is -1.64. The van der Waals surface area contributed by atoms with Crippen LogP contribution in [0.2, 0.25) is 0 Å². The monoisotopic (exact) mass is 336 g/mol. The Morgan fingerprint density at radius 2 is 1.82 bits per heavy atom. The summed E-state index contributed by atoms with van der Waals surface area (Å²) in [6, 6.07) is 3.54. The lowest BCUT2D eigenvalue weighted by Crippen LogP contribution is -2.48. The Balaban J connectivity index is 1.84. The van der Waals surface area contributed by atoms with Gasteiger partial charge in [0.15, 0.2) is 6.29 Å². The summed E-state index contributed by atoms with van der Waals surface area (Å²) in [4.78, 5) is 9.97. The quantitative estimate of drug-likeness (QED) is 0.604. The topological polar surface area (TPSA) is 90.2 Å². The van der Waals surface area contributed by atoms with Crippen molar-refractivity contribution in [3.8, 4) is 0 Å². The molecule has 1 fully saturated rings. The summed E-state index contributed by atoms with van der Waals surface area (Å²) in [5.41, 5.74) is -0.142. The van der Waals surface area contributed by atoms with Gasteiger partial charge in [0.1, 0.15) is 17.7 Å². The van der Waals surface area contributed by atoms with Crippen LogP contribution in [-0.2, 0) is 10.9 Å². The van der Waals surface area contributed by atoms with Crippen molar-refractivity contribution < 1.29 is 33.7 Å². The van der Waals surface area contributed by atoms with Gasteiger partial charge in [0.05, 0.1) is 12.2 Å². The highest BCUT2D eigenvalue weighted by atomic mass is 31.1. The number of rotatable bonds is 5. The lowest BCUT2D eigenvalue weighted by atomic mass is 10.0. The maximum Gasteiger partial charge on any atom is 0.183 e. The molecule has 0 radical (unpaired) electrons. The van der Waals surface area contributed by atoms with Crippen molar-refractivity contribution in [3.63, 3.8) is 0 Å². The molecule has 1 heterocycles. The fourth-order valence-corrected chi connectivity index (χ4v) is 3.77. The molecule has 1 aromatic carbocycles. The van der Waals surface area contributed by atoms with Crippen molar-refractivity contribution in [1.82, 2.24) is 0 Å². The number of hydrogen-bond acceptors (Lipinski definition) is 5. The Hall–Kier alpha value is -0.690. The summed E-state index contributed by atoms with van der Waals surface area (Å²) in [5, 5.41) is 28.3. The Labute approximate surface area is 128 Å². The van der Waals surface area contributed by atoms with Gasteiger partial charge in [-0.05, 0) is 24.7 Å². The molecule has 8 heteroatoms. The van der Waals surface area contributed by atoms with Gasteiger partial charge in [-0.25, -0.2) is 8.78 Å². The molecule has 1 aliphatic rings. The van der Waals surface area contributed by atoms with E-state index in [2.05, 4.69) is 0 Å². The van der Waals surface area contributed by atoms with Gasteiger partial charge in [0.25, 0.3) is 0 Å². The first-order valence-corrected chi connectivity index (χ1v) is 8.61. The first kappa shape index (κ1) is 17.7. The van der Waals surface area contributed by atoms with Gasteiger partial charge in [0, 0.05) is 26.3 Å². The molecule has 0 saturated carbocycles. The van der Waals surface area contributed by atoms with E-state index in [1.54, 1.807) is 0 Å². The minimum atomic E-state index is -1.64. The molecular formula is C14H19F2O5P. The van der Waals surface area contributed by atoms with Crippen LogP contribution in [-0.4, -0.2) is 51.0 Å². The molecule has 0 spiro atoms. The van der Waals surface area contributed by atoms with Gasteiger partial charge in [-0.1, -0.05) is 6.07 Å². The first-order valence-electron chi connectivity index (χ1n) is 6.95. The second kappa shape index (κ2) is 7.73. The summed E-state index contributed by atoms with van der Waals surface area (Å²) in [5.74, 6) is -1.38. The highest BCUT2D eigenvalue weighted by molar-refractivity contribution is 7.50. The second-order valence-electron chi connectivity index (χ2n) is 5.32. The van der Waals surface area contributed by atoms with Crippen molar-refractivity contribution in [1.29, 1.82) is 0 Å². The smallest absolute Gasteiger partial charge is 0.183 e. The average molecular weight is 336 g/mol. The first-order chi connectivity index (χ1) is 10.4. The molecule has 0 aliphatic carbocycles. The number of hydrogen-bond donors (Lipinski definition) is 4. The van der Waals surface area contributed by atoms with E-state index < -0.39 is 44.4 Å². The van der Waals surface area contributed by atoms with E-state index >= 15 is 0 Å². The van der Waals surface area contributed by atoms with Gasteiger partial charge in [-0.2, -0.15) is 0 Å². The molecule has 5 nitrogen and oxygen atoms in total. The van der Waals surface area contributed by atoms with Crippen molar-refractivity contribution in [2.24, 2.45) is 0 Å². The predicted molar refractivity (Wildman–Crippen MR) is 76.2 cm³/mol. The van der Waals surface area contributed by atoms with Gasteiger partial charge in [-0.3, -0.25) is 0 Å². The largest absolute Gasteiger partial charge is 0.390 e. The third-order valence-corrected chi connectivity index (χ3v) is 5.09. The Bertz CT molecular complexity index is 472. The fraction of sp³-hybridized carbons (Fsp3) is 0.571. The third-order valence-electron chi connectivity index (χ3n) is 3.63. The van der Waals surface area contributed by atoms with Gasteiger partial charge in [-0.15, -0.1) is 0 Å². The SMILES string of the molecule is OC1CC(CCP(O)Cc2c(F)cccc2F)OC(O)C1O. The average Bonchev–Trinajstić information content (AvgIpc) is 2.46. The predicted octanol–water partition coefficient (Wildman–Crippen LogP) is 1.07. The molecule has 0 aromatic heterocycles. The van der Waals surface area contributed by atoms with E-state index in [0.29, 0.717) is 6.42 Å². The van der Waals surface area contributed by atoms with Crippen molar-refractivity contribution in [3.05, 3.63) is 35.4 Å². The molecular weight excluding hydrogens is 317 g/mol. The number of aliphatic hydroxyl groups excluding tert-OH is 3. The van der Waals surface area contributed by atoms with Crippen molar-refractivity contribution >= 4 is 8.15 Å². The number of ether oxygens (including phenoxy) is 1. The molecule has 2 rings (SSSR count). The van der Waals surface area contributed by atoms with Crippen LogP contribution in [0, 0.1) is 11.6 Å². The minimum absolute atomic E-state index is 0.103. The van der Waals surface area contributed by atoms with Crippen LogP contribution in [0.5, 0.6) is 0 Å². The summed E-state index contributed by atoms with van der Waals surface area (Å²) >= 11 is 0. The Morgan fingerprint density at radius 3 is 2.41 bits per heavy atom.